The Morgan fingerprint density at radius 1 is 0.962 bits per heavy atom. The first-order valence-electron chi connectivity index (χ1n) is 8.40. The first-order valence-corrected chi connectivity index (χ1v) is 9.55. The standard InChI is InChI=1S/C19H19NO5S/c20-18(21)19(7-9-23-10-8-19)26(22)15-4-1-13(2-5-15)14-3-6-16-17(11-14)25-12-24-16/h1-6,11H,7-10,12H2,(H2,20,21). The number of benzene rings is 2. The molecular formula is C19H19NO5S. The molecule has 1 atom stereocenters. The van der Waals surface area contributed by atoms with Crippen molar-refractivity contribution >= 4 is 16.7 Å². The molecule has 1 saturated heterocycles. The Balaban J connectivity index is 1.61. The first kappa shape index (κ1) is 17.1. The van der Waals surface area contributed by atoms with E-state index in [1.54, 1.807) is 12.1 Å². The molecule has 0 spiro atoms. The van der Waals surface area contributed by atoms with Crippen molar-refractivity contribution in [1.82, 2.24) is 0 Å². The smallest absolute Gasteiger partial charge is 0.236 e. The number of nitrogens with two attached hydrogens (primary N) is 1. The maximum Gasteiger partial charge on any atom is 0.236 e. The number of hydrogen-bond acceptors (Lipinski definition) is 5. The van der Waals surface area contributed by atoms with Crippen molar-refractivity contribution in [2.24, 2.45) is 5.73 Å². The largest absolute Gasteiger partial charge is 0.454 e. The first-order chi connectivity index (χ1) is 12.6. The van der Waals surface area contributed by atoms with Crippen molar-refractivity contribution in [3.63, 3.8) is 0 Å². The molecule has 6 nitrogen and oxygen atoms in total. The summed E-state index contributed by atoms with van der Waals surface area (Å²) < 4.78 is 28.1. The van der Waals surface area contributed by atoms with Gasteiger partial charge in [-0.2, -0.15) is 0 Å². The van der Waals surface area contributed by atoms with E-state index in [-0.39, 0.29) is 6.79 Å². The van der Waals surface area contributed by atoms with Gasteiger partial charge in [0.2, 0.25) is 12.7 Å². The monoisotopic (exact) mass is 373 g/mol. The predicted molar refractivity (Wildman–Crippen MR) is 96.4 cm³/mol. The van der Waals surface area contributed by atoms with Crippen molar-refractivity contribution < 1.29 is 23.2 Å². The van der Waals surface area contributed by atoms with Crippen LogP contribution in [0, 0.1) is 0 Å². The second kappa shape index (κ2) is 6.74. The zero-order chi connectivity index (χ0) is 18.1. The van der Waals surface area contributed by atoms with Crippen LogP contribution in [-0.2, 0) is 20.3 Å². The third-order valence-electron chi connectivity index (χ3n) is 4.88. The van der Waals surface area contributed by atoms with Crippen LogP contribution in [0.15, 0.2) is 47.4 Å². The molecular weight excluding hydrogens is 354 g/mol. The van der Waals surface area contributed by atoms with E-state index >= 15 is 0 Å². The lowest BCUT2D eigenvalue weighted by Crippen LogP contribution is -2.51. The zero-order valence-corrected chi connectivity index (χ0v) is 14.9. The van der Waals surface area contributed by atoms with Gasteiger partial charge in [0.25, 0.3) is 0 Å². The van der Waals surface area contributed by atoms with Crippen LogP contribution in [0.2, 0.25) is 0 Å². The summed E-state index contributed by atoms with van der Waals surface area (Å²) in [6.07, 6.45) is 0.748. The summed E-state index contributed by atoms with van der Waals surface area (Å²) in [5.41, 5.74) is 7.54. The molecule has 26 heavy (non-hydrogen) atoms. The summed E-state index contributed by atoms with van der Waals surface area (Å²) in [5.74, 6) is 0.915. The number of amides is 1. The van der Waals surface area contributed by atoms with Gasteiger partial charge in [-0.05, 0) is 48.2 Å². The van der Waals surface area contributed by atoms with Crippen molar-refractivity contribution in [2.75, 3.05) is 20.0 Å². The molecule has 0 aromatic heterocycles. The minimum Gasteiger partial charge on any atom is -0.454 e. The Bertz CT molecular complexity index is 859. The van der Waals surface area contributed by atoms with Gasteiger partial charge in [0.15, 0.2) is 11.5 Å². The van der Waals surface area contributed by atoms with Gasteiger partial charge in [-0.1, -0.05) is 18.2 Å². The molecule has 2 aliphatic heterocycles. The van der Waals surface area contributed by atoms with E-state index in [4.69, 9.17) is 19.9 Å². The van der Waals surface area contributed by atoms with Crippen molar-refractivity contribution in [2.45, 2.75) is 22.5 Å². The molecule has 136 valence electrons. The van der Waals surface area contributed by atoms with Crippen LogP contribution in [0.4, 0.5) is 0 Å². The Kier molecular flexibility index (Phi) is 4.42. The molecule has 1 fully saturated rings. The highest BCUT2D eigenvalue weighted by Crippen LogP contribution is 2.37. The summed E-state index contributed by atoms with van der Waals surface area (Å²) in [4.78, 5) is 12.6. The molecule has 1 amide bonds. The minimum atomic E-state index is -1.52. The van der Waals surface area contributed by atoms with Crippen LogP contribution in [0.1, 0.15) is 12.8 Å². The lowest BCUT2D eigenvalue weighted by atomic mass is 9.98. The normalized spacial score (nSPS) is 19.1. The fraction of sp³-hybridized carbons (Fsp3) is 0.316. The number of ether oxygens (including phenoxy) is 3. The highest BCUT2D eigenvalue weighted by atomic mass is 32.2. The highest BCUT2D eigenvalue weighted by Gasteiger charge is 2.45. The summed E-state index contributed by atoms with van der Waals surface area (Å²) in [6.45, 7) is 1.02. The zero-order valence-electron chi connectivity index (χ0n) is 14.1. The highest BCUT2D eigenvalue weighted by molar-refractivity contribution is 7.87. The quantitative estimate of drug-likeness (QED) is 0.888. The van der Waals surface area contributed by atoms with Crippen molar-refractivity contribution in [3.05, 3.63) is 42.5 Å². The van der Waals surface area contributed by atoms with E-state index in [0.29, 0.717) is 36.7 Å². The summed E-state index contributed by atoms with van der Waals surface area (Å²) in [6, 6.07) is 13.1. The number of carbonyl (C=O) groups is 1. The fourth-order valence-corrected chi connectivity index (χ4v) is 4.85. The van der Waals surface area contributed by atoms with Gasteiger partial charge in [0, 0.05) is 18.1 Å². The average molecular weight is 373 g/mol. The third-order valence-corrected chi connectivity index (χ3v) is 6.90. The topological polar surface area (TPSA) is 87.9 Å². The molecule has 0 bridgehead atoms. The maximum atomic E-state index is 13.1. The molecule has 7 heteroatoms. The van der Waals surface area contributed by atoms with E-state index in [0.717, 1.165) is 16.9 Å². The Morgan fingerprint density at radius 2 is 1.62 bits per heavy atom. The lowest BCUT2D eigenvalue weighted by molar-refractivity contribution is -0.122. The molecule has 2 aromatic carbocycles. The molecule has 2 aliphatic rings. The Morgan fingerprint density at radius 3 is 2.31 bits per heavy atom. The van der Waals surface area contributed by atoms with Gasteiger partial charge in [-0.3, -0.25) is 9.00 Å². The van der Waals surface area contributed by atoms with Crippen LogP contribution in [-0.4, -0.2) is 34.9 Å². The third kappa shape index (κ3) is 2.87. The number of primary amides is 1. The molecule has 1 unspecified atom stereocenters. The second-order valence-electron chi connectivity index (χ2n) is 6.33. The van der Waals surface area contributed by atoms with Crippen LogP contribution >= 0.6 is 0 Å². The van der Waals surface area contributed by atoms with Gasteiger partial charge in [0.05, 0.1) is 10.8 Å². The van der Waals surface area contributed by atoms with Crippen LogP contribution in [0.25, 0.3) is 11.1 Å². The van der Waals surface area contributed by atoms with Gasteiger partial charge in [-0.25, -0.2) is 0 Å². The second-order valence-corrected chi connectivity index (χ2v) is 8.12. The summed E-state index contributed by atoms with van der Waals surface area (Å²) in [7, 11) is -1.52. The summed E-state index contributed by atoms with van der Waals surface area (Å²) >= 11 is 0. The van der Waals surface area contributed by atoms with Crippen molar-refractivity contribution in [3.8, 4) is 22.6 Å². The van der Waals surface area contributed by atoms with E-state index in [2.05, 4.69) is 0 Å². The van der Waals surface area contributed by atoms with E-state index < -0.39 is 21.5 Å². The molecule has 2 aromatic rings. The molecule has 0 radical (unpaired) electrons. The predicted octanol–water partition coefficient (Wildman–Crippen LogP) is 2.22. The Hall–Kier alpha value is -2.38. The average Bonchev–Trinajstić information content (AvgIpc) is 3.16. The molecule has 4 rings (SSSR count). The van der Waals surface area contributed by atoms with Crippen LogP contribution in [0.5, 0.6) is 11.5 Å². The molecule has 2 heterocycles. The molecule has 0 aliphatic carbocycles. The number of carbonyl (C=O) groups excluding carboxylic acids is 1. The van der Waals surface area contributed by atoms with Gasteiger partial charge >= 0.3 is 0 Å². The van der Waals surface area contributed by atoms with Crippen LogP contribution < -0.4 is 15.2 Å². The lowest BCUT2D eigenvalue weighted by Gasteiger charge is -2.33. The summed E-state index contributed by atoms with van der Waals surface area (Å²) in [5, 5.41) is 0. The number of hydrogen-bond donors (Lipinski definition) is 1. The number of rotatable bonds is 4. The SMILES string of the molecule is NC(=O)C1(S(=O)c2ccc(-c3ccc4c(c3)OCO4)cc2)CCOCC1. The van der Waals surface area contributed by atoms with Gasteiger partial charge in [0.1, 0.15) is 4.75 Å². The van der Waals surface area contributed by atoms with E-state index in [9.17, 15) is 9.00 Å². The Labute approximate surface area is 153 Å². The van der Waals surface area contributed by atoms with Gasteiger partial charge in [-0.15, -0.1) is 0 Å². The molecule has 0 saturated carbocycles. The van der Waals surface area contributed by atoms with Crippen molar-refractivity contribution in [1.29, 1.82) is 0 Å². The maximum absolute atomic E-state index is 13.1. The molecule has 2 N–H and O–H groups in total. The van der Waals surface area contributed by atoms with Gasteiger partial charge < -0.3 is 19.9 Å². The fourth-order valence-electron chi connectivity index (χ4n) is 3.30. The van der Waals surface area contributed by atoms with E-state index in [1.165, 1.54) is 0 Å². The number of fused-ring (bicyclic) bond motifs is 1. The van der Waals surface area contributed by atoms with Crippen LogP contribution in [0.3, 0.4) is 0 Å². The minimum absolute atomic E-state index is 0.232. The van der Waals surface area contributed by atoms with E-state index in [1.807, 2.05) is 30.3 Å².